The summed E-state index contributed by atoms with van der Waals surface area (Å²) in [5.74, 6) is -0.486. The van der Waals surface area contributed by atoms with Gasteiger partial charge in [0.1, 0.15) is 5.69 Å². The van der Waals surface area contributed by atoms with E-state index in [0.29, 0.717) is 11.3 Å². The highest BCUT2D eigenvalue weighted by Crippen LogP contribution is 2.21. The molecule has 144 valence electrons. The van der Waals surface area contributed by atoms with E-state index in [1.54, 1.807) is 13.1 Å². The lowest BCUT2D eigenvalue weighted by atomic mass is 10.1. The molecule has 1 fully saturated rings. The first-order valence-corrected chi connectivity index (χ1v) is 9.19. The maximum Gasteiger partial charge on any atom is 0.278 e. The largest absolute Gasteiger partial charge is 0.355 e. The Morgan fingerprint density at radius 3 is 2.43 bits per heavy atom. The second-order valence-electron chi connectivity index (χ2n) is 6.79. The van der Waals surface area contributed by atoms with Crippen molar-refractivity contribution >= 4 is 23.2 Å². The standard InChI is InChI=1S/C21H23N5O2/c1-13-12-16(10-11-17(13)20(27)23-2)24-18(14-6-4-3-5-7-14)19(26-22)21(28)25-15-8-9-15/h3-7,10-12,15,22,24H,8-9H2,1-2H3,(H,23,27)(H,25,28)/p+1/b19-18-,26-22?. The smallest absolute Gasteiger partial charge is 0.278 e. The molecule has 1 saturated carbocycles. The Labute approximate surface area is 163 Å². The number of aryl methyl sites for hydroxylation is 1. The quantitative estimate of drug-likeness (QED) is 0.336. The number of rotatable bonds is 7. The van der Waals surface area contributed by atoms with Crippen LogP contribution in [0.15, 0.2) is 59.3 Å². The fourth-order valence-corrected chi connectivity index (χ4v) is 2.95. The molecule has 7 nitrogen and oxygen atoms in total. The van der Waals surface area contributed by atoms with Crippen molar-refractivity contribution in [2.75, 3.05) is 7.05 Å². The molecule has 2 amide bonds. The third-order valence-electron chi connectivity index (χ3n) is 4.61. The number of quaternary nitrogens is 1. The lowest BCUT2D eigenvalue weighted by molar-refractivity contribution is -0.469. The van der Waals surface area contributed by atoms with Gasteiger partial charge < -0.3 is 10.6 Å². The molecule has 7 heteroatoms. The van der Waals surface area contributed by atoms with Gasteiger partial charge in [-0.2, -0.15) is 0 Å². The molecule has 1 aliphatic carbocycles. The number of benzene rings is 2. The zero-order valence-corrected chi connectivity index (χ0v) is 16.0. The summed E-state index contributed by atoms with van der Waals surface area (Å²) >= 11 is 0. The van der Waals surface area contributed by atoms with Crippen molar-refractivity contribution in [1.29, 1.82) is 5.53 Å². The van der Waals surface area contributed by atoms with Crippen molar-refractivity contribution in [2.45, 2.75) is 25.8 Å². The van der Waals surface area contributed by atoms with Gasteiger partial charge in [-0.1, -0.05) is 18.2 Å². The Morgan fingerprint density at radius 2 is 1.86 bits per heavy atom. The number of nitrogens with one attached hydrogen (secondary N) is 3. The van der Waals surface area contributed by atoms with Crippen LogP contribution in [0.4, 0.5) is 5.69 Å². The molecule has 1 aliphatic rings. The molecular weight excluding hydrogens is 354 g/mol. The van der Waals surface area contributed by atoms with E-state index >= 15 is 0 Å². The average molecular weight is 378 g/mol. The lowest BCUT2D eigenvalue weighted by Gasteiger charge is -2.11. The van der Waals surface area contributed by atoms with Gasteiger partial charge in [0.2, 0.25) is 5.70 Å². The summed E-state index contributed by atoms with van der Waals surface area (Å²) < 4.78 is 0. The highest BCUT2D eigenvalue weighted by atomic mass is 16.2. The van der Waals surface area contributed by atoms with Crippen LogP contribution in [0.2, 0.25) is 0 Å². The van der Waals surface area contributed by atoms with E-state index in [1.165, 1.54) is 0 Å². The number of nitrogens with two attached hydrogens (primary N) is 1. The van der Waals surface area contributed by atoms with Crippen molar-refractivity contribution in [1.82, 2.24) is 10.6 Å². The Bertz CT molecular complexity index is 933. The Hall–Kier alpha value is -3.32. The van der Waals surface area contributed by atoms with Gasteiger partial charge in [-0.3, -0.25) is 14.9 Å². The molecule has 0 bridgehead atoms. The number of carbonyl (C=O) groups excluding carboxylic acids is 2. The van der Waals surface area contributed by atoms with Crippen molar-refractivity contribution in [3.05, 3.63) is 70.9 Å². The summed E-state index contributed by atoms with van der Waals surface area (Å²) in [6.07, 6.45) is 1.92. The van der Waals surface area contributed by atoms with Crippen LogP contribution >= 0.6 is 0 Å². The van der Waals surface area contributed by atoms with E-state index in [0.717, 1.165) is 29.7 Å². The van der Waals surface area contributed by atoms with Gasteiger partial charge in [0, 0.05) is 36.3 Å². The molecule has 0 aliphatic heterocycles. The predicted molar refractivity (Wildman–Crippen MR) is 106 cm³/mol. The molecule has 0 heterocycles. The maximum absolute atomic E-state index is 12.6. The van der Waals surface area contributed by atoms with Gasteiger partial charge in [0.15, 0.2) is 5.70 Å². The van der Waals surface area contributed by atoms with E-state index in [9.17, 15) is 9.59 Å². The van der Waals surface area contributed by atoms with Gasteiger partial charge in [-0.15, -0.1) is 5.11 Å². The van der Waals surface area contributed by atoms with Crippen molar-refractivity contribution < 1.29 is 14.9 Å². The van der Waals surface area contributed by atoms with Gasteiger partial charge in [0.25, 0.3) is 11.8 Å². The van der Waals surface area contributed by atoms with Crippen LogP contribution in [0.1, 0.15) is 34.3 Å². The van der Waals surface area contributed by atoms with Crippen molar-refractivity contribution in [2.24, 2.45) is 5.11 Å². The van der Waals surface area contributed by atoms with E-state index in [2.05, 4.69) is 15.7 Å². The molecule has 0 radical (unpaired) electrons. The third-order valence-corrected chi connectivity index (χ3v) is 4.61. The first-order valence-electron chi connectivity index (χ1n) is 9.19. The first kappa shape index (κ1) is 19.4. The van der Waals surface area contributed by atoms with E-state index in [1.807, 2.05) is 54.7 Å². The topological polar surface area (TPSA) is 111 Å². The summed E-state index contributed by atoms with van der Waals surface area (Å²) in [6.45, 7) is 1.86. The van der Waals surface area contributed by atoms with E-state index < -0.39 is 0 Å². The second-order valence-corrected chi connectivity index (χ2v) is 6.79. The minimum absolute atomic E-state index is 0.0751. The molecule has 0 aromatic heterocycles. The summed E-state index contributed by atoms with van der Waals surface area (Å²) in [4.78, 5) is 24.5. The predicted octanol–water partition coefficient (Wildman–Crippen LogP) is 2.23. The third kappa shape index (κ3) is 4.50. The highest BCUT2D eigenvalue weighted by Gasteiger charge is 2.28. The summed E-state index contributed by atoms with van der Waals surface area (Å²) in [7, 11) is 1.60. The fourth-order valence-electron chi connectivity index (χ4n) is 2.95. The van der Waals surface area contributed by atoms with E-state index in [4.69, 9.17) is 5.53 Å². The number of nitrogens with zero attached hydrogens (tertiary/aromatic N) is 1. The molecule has 5 N–H and O–H groups in total. The molecule has 2 aromatic rings. The fraction of sp³-hybridized carbons (Fsp3) is 0.238. The SMILES string of the molecule is CNC(=O)c1ccc([NH2+]/C(=C(\N=N)C(=O)NC2CC2)c2ccccc2)cc1C. The zero-order valence-electron chi connectivity index (χ0n) is 16.0. The molecule has 3 rings (SSSR count). The number of hydrogen-bond donors (Lipinski definition) is 4. The first-order chi connectivity index (χ1) is 13.5. The van der Waals surface area contributed by atoms with Crippen LogP contribution in [0.5, 0.6) is 0 Å². The normalized spacial score (nSPS) is 14.1. The Kier molecular flexibility index (Phi) is 5.96. The minimum atomic E-state index is -0.341. The summed E-state index contributed by atoms with van der Waals surface area (Å²) in [5.41, 5.74) is 11.3. The van der Waals surface area contributed by atoms with Crippen LogP contribution in [0.3, 0.4) is 0 Å². The monoisotopic (exact) mass is 378 g/mol. The summed E-state index contributed by atoms with van der Waals surface area (Å²) in [6, 6.07) is 15.0. The van der Waals surface area contributed by atoms with E-state index in [-0.39, 0.29) is 23.6 Å². The van der Waals surface area contributed by atoms with Gasteiger partial charge in [0.05, 0.1) is 0 Å². The van der Waals surface area contributed by atoms with Crippen LogP contribution in [-0.2, 0) is 4.79 Å². The molecule has 0 atom stereocenters. The van der Waals surface area contributed by atoms with Crippen molar-refractivity contribution in [3.8, 4) is 0 Å². The number of carbonyl (C=O) groups is 2. The summed E-state index contributed by atoms with van der Waals surface area (Å²) in [5, 5.41) is 10.9. The van der Waals surface area contributed by atoms with Crippen LogP contribution in [0, 0.1) is 12.5 Å². The van der Waals surface area contributed by atoms with Crippen LogP contribution in [-0.4, -0.2) is 24.9 Å². The molecular formula is C21H24N5O2+. The average Bonchev–Trinajstić information content (AvgIpc) is 3.52. The second kappa shape index (κ2) is 8.58. The van der Waals surface area contributed by atoms with Crippen LogP contribution < -0.4 is 16.0 Å². The zero-order chi connectivity index (χ0) is 20.1. The highest BCUT2D eigenvalue weighted by molar-refractivity contribution is 5.99. The lowest BCUT2D eigenvalue weighted by Crippen LogP contribution is -2.75. The van der Waals surface area contributed by atoms with Gasteiger partial charge in [-0.05, 0) is 43.5 Å². The van der Waals surface area contributed by atoms with Crippen LogP contribution in [0.25, 0.3) is 5.70 Å². The Morgan fingerprint density at radius 1 is 1.14 bits per heavy atom. The minimum Gasteiger partial charge on any atom is -0.355 e. The molecule has 2 aromatic carbocycles. The molecule has 0 spiro atoms. The number of amides is 2. The van der Waals surface area contributed by atoms with Crippen molar-refractivity contribution in [3.63, 3.8) is 0 Å². The molecule has 0 unspecified atom stereocenters. The molecule has 28 heavy (non-hydrogen) atoms. The Balaban J connectivity index is 1.99. The maximum atomic E-state index is 12.6. The van der Waals surface area contributed by atoms with Gasteiger partial charge >= 0.3 is 0 Å². The number of hydrogen-bond acceptors (Lipinski definition) is 4. The van der Waals surface area contributed by atoms with Gasteiger partial charge in [-0.25, -0.2) is 5.53 Å². The molecule has 0 saturated heterocycles.